The third-order valence-corrected chi connectivity index (χ3v) is 5.63. The van der Waals surface area contributed by atoms with Crippen LogP contribution in [0, 0.1) is 0 Å². The van der Waals surface area contributed by atoms with Crippen molar-refractivity contribution >= 4 is 29.2 Å². The van der Waals surface area contributed by atoms with Gasteiger partial charge in [-0.05, 0) is 55.9 Å². The molecule has 3 rings (SSSR count). The Bertz CT molecular complexity index is 863. The summed E-state index contributed by atoms with van der Waals surface area (Å²) < 4.78 is 0. The first-order chi connectivity index (χ1) is 13.5. The van der Waals surface area contributed by atoms with E-state index in [-0.39, 0.29) is 12.1 Å². The first-order valence-corrected chi connectivity index (χ1v) is 10.9. The molecule has 0 aliphatic carbocycles. The second kappa shape index (κ2) is 9.15. The van der Waals surface area contributed by atoms with Crippen LogP contribution < -0.4 is 11.1 Å². The summed E-state index contributed by atoms with van der Waals surface area (Å²) in [6.45, 7) is 4.82. The topological polar surface area (TPSA) is 70.7 Å². The molecule has 148 valence electrons. The van der Waals surface area contributed by atoms with Crippen LogP contribution in [0.3, 0.4) is 0 Å². The first-order valence-electron chi connectivity index (χ1n) is 9.72. The number of unbranched alkanes of at least 4 members (excludes halogenated alkanes) is 1. The molecule has 0 bridgehead atoms. The minimum Gasteiger partial charge on any atom is -0.399 e. The number of hydrogen-bond acceptors (Lipinski definition) is 4. The minimum atomic E-state index is -0.146. The zero-order chi connectivity index (χ0) is 20.1. The number of carbonyl (C=O) groups is 1. The van der Waals surface area contributed by atoms with Crippen molar-refractivity contribution in [1.82, 2.24) is 10.3 Å². The van der Waals surface area contributed by atoms with Crippen molar-refractivity contribution in [3.8, 4) is 0 Å². The van der Waals surface area contributed by atoms with Crippen LogP contribution in [0.15, 0.2) is 52.5 Å². The number of anilines is 1. The Hall–Kier alpha value is -2.47. The van der Waals surface area contributed by atoms with Crippen molar-refractivity contribution in [2.45, 2.75) is 44.0 Å². The lowest BCUT2D eigenvalue weighted by Gasteiger charge is -2.23. The van der Waals surface area contributed by atoms with Crippen molar-refractivity contribution in [2.24, 2.45) is 5.10 Å². The number of nitrogen functional groups attached to an aromatic ring is 1. The fourth-order valence-corrected chi connectivity index (χ4v) is 3.78. The lowest BCUT2D eigenvalue weighted by atomic mass is 9.94. The van der Waals surface area contributed by atoms with E-state index in [1.165, 1.54) is 10.5 Å². The molecule has 28 heavy (non-hydrogen) atoms. The van der Waals surface area contributed by atoms with Gasteiger partial charge in [0.2, 0.25) is 0 Å². The molecule has 0 radical (unpaired) electrons. The number of fused-ring (bicyclic) bond motifs is 1. The van der Waals surface area contributed by atoms with Crippen LogP contribution in [0.4, 0.5) is 10.5 Å². The number of thioether (sulfide) groups is 1. The van der Waals surface area contributed by atoms with Gasteiger partial charge >= 0.3 is 6.03 Å². The Balaban J connectivity index is 2.04. The van der Waals surface area contributed by atoms with Crippen LogP contribution in [0.25, 0.3) is 0 Å². The number of amides is 2. The highest BCUT2D eigenvalue weighted by atomic mass is 32.2. The van der Waals surface area contributed by atoms with E-state index in [2.05, 4.69) is 36.7 Å². The van der Waals surface area contributed by atoms with Gasteiger partial charge < -0.3 is 11.1 Å². The molecule has 2 amide bonds. The highest BCUT2D eigenvalue weighted by Gasteiger charge is 2.27. The summed E-state index contributed by atoms with van der Waals surface area (Å²) >= 11 is 1.72. The smallest absolute Gasteiger partial charge is 0.338 e. The van der Waals surface area contributed by atoms with Crippen LogP contribution in [-0.2, 0) is 6.42 Å². The van der Waals surface area contributed by atoms with E-state index in [1.54, 1.807) is 16.8 Å². The van der Waals surface area contributed by atoms with Crippen molar-refractivity contribution in [2.75, 3.05) is 18.5 Å². The number of hydrogen-bond donors (Lipinski definition) is 2. The maximum Gasteiger partial charge on any atom is 0.338 e. The van der Waals surface area contributed by atoms with Gasteiger partial charge in [0, 0.05) is 28.3 Å². The quantitative estimate of drug-likeness (QED) is 0.444. The van der Waals surface area contributed by atoms with Gasteiger partial charge in [0.1, 0.15) is 0 Å². The standard InChI is InChI=1S/C22H28N4OS/c1-4-5-12-24-22(27)26-15(2)13-17-14-19(28-3)10-11-20(17)21(25-26)16-6-8-18(23)9-7-16/h6-11,14-15H,4-5,12-13,23H2,1-3H3,(H,24,27). The van der Waals surface area contributed by atoms with Crippen molar-refractivity contribution in [3.63, 3.8) is 0 Å². The predicted octanol–water partition coefficient (Wildman–Crippen LogP) is 4.50. The summed E-state index contributed by atoms with van der Waals surface area (Å²) in [5, 5.41) is 9.42. The SMILES string of the molecule is CCCCNC(=O)N1N=C(c2ccc(N)cc2)c2ccc(SC)cc2CC1C. The van der Waals surface area contributed by atoms with Crippen LogP contribution in [0.2, 0.25) is 0 Å². The van der Waals surface area contributed by atoms with Gasteiger partial charge in [-0.15, -0.1) is 11.8 Å². The molecule has 3 N–H and O–H groups in total. The van der Waals surface area contributed by atoms with Crippen LogP contribution in [0.1, 0.15) is 43.4 Å². The van der Waals surface area contributed by atoms with Gasteiger partial charge in [0.05, 0.1) is 11.8 Å². The molecule has 0 saturated carbocycles. The van der Waals surface area contributed by atoms with Crippen LogP contribution >= 0.6 is 11.8 Å². The summed E-state index contributed by atoms with van der Waals surface area (Å²) in [6, 6.07) is 13.9. The fourth-order valence-electron chi connectivity index (χ4n) is 3.31. The van der Waals surface area contributed by atoms with Gasteiger partial charge in [-0.2, -0.15) is 5.10 Å². The van der Waals surface area contributed by atoms with Crippen molar-refractivity contribution in [1.29, 1.82) is 0 Å². The predicted molar refractivity (Wildman–Crippen MR) is 118 cm³/mol. The molecule has 2 aromatic carbocycles. The summed E-state index contributed by atoms with van der Waals surface area (Å²) in [5.74, 6) is 0. The molecular weight excluding hydrogens is 368 g/mol. The fraction of sp³-hybridized carbons (Fsp3) is 0.364. The molecule has 1 unspecified atom stereocenters. The second-order valence-electron chi connectivity index (χ2n) is 7.08. The normalized spacial score (nSPS) is 16.2. The van der Waals surface area contributed by atoms with Crippen LogP contribution in [-0.4, -0.2) is 35.6 Å². The van der Waals surface area contributed by atoms with Crippen molar-refractivity contribution < 1.29 is 4.79 Å². The minimum absolute atomic E-state index is 0.0382. The number of rotatable bonds is 5. The third kappa shape index (κ3) is 4.50. The molecule has 0 fully saturated rings. The maximum absolute atomic E-state index is 12.8. The number of nitrogens with one attached hydrogen (secondary N) is 1. The van der Waals surface area contributed by atoms with Gasteiger partial charge in [0.15, 0.2) is 0 Å². The Kier molecular flexibility index (Phi) is 6.62. The molecule has 1 aliphatic rings. The van der Waals surface area contributed by atoms with Gasteiger partial charge in [-0.25, -0.2) is 9.80 Å². The number of benzene rings is 2. The molecule has 6 heteroatoms. The number of carbonyl (C=O) groups excluding carboxylic acids is 1. The Morgan fingerprint density at radius 2 is 2.04 bits per heavy atom. The molecule has 5 nitrogen and oxygen atoms in total. The van der Waals surface area contributed by atoms with E-state index in [4.69, 9.17) is 10.8 Å². The van der Waals surface area contributed by atoms with E-state index in [0.29, 0.717) is 12.2 Å². The highest BCUT2D eigenvalue weighted by molar-refractivity contribution is 7.98. The Morgan fingerprint density at radius 3 is 2.71 bits per heavy atom. The summed E-state index contributed by atoms with van der Waals surface area (Å²) in [7, 11) is 0. The second-order valence-corrected chi connectivity index (χ2v) is 7.96. The molecule has 0 saturated heterocycles. The zero-order valence-electron chi connectivity index (χ0n) is 16.7. The largest absolute Gasteiger partial charge is 0.399 e. The lowest BCUT2D eigenvalue weighted by molar-refractivity contribution is 0.182. The van der Waals surface area contributed by atoms with Crippen molar-refractivity contribution in [3.05, 3.63) is 59.2 Å². The number of hydrazone groups is 1. The number of urea groups is 1. The first kappa shape index (κ1) is 20.3. The third-order valence-electron chi connectivity index (χ3n) is 4.91. The van der Waals surface area contributed by atoms with E-state index >= 15 is 0 Å². The molecular formula is C22H28N4OS. The number of nitrogens with zero attached hydrogens (tertiary/aromatic N) is 2. The highest BCUT2D eigenvalue weighted by Crippen LogP contribution is 2.27. The Morgan fingerprint density at radius 1 is 1.29 bits per heavy atom. The summed E-state index contributed by atoms with van der Waals surface area (Å²) in [5.41, 5.74) is 10.6. The summed E-state index contributed by atoms with van der Waals surface area (Å²) in [6.07, 6.45) is 4.83. The van der Waals surface area contributed by atoms with E-state index in [9.17, 15) is 4.79 Å². The van der Waals surface area contributed by atoms with E-state index in [1.807, 2.05) is 31.2 Å². The van der Waals surface area contributed by atoms with Crippen LogP contribution in [0.5, 0.6) is 0 Å². The molecule has 0 spiro atoms. The monoisotopic (exact) mass is 396 g/mol. The van der Waals surface area contributed by atoms with Gasteiger partial charge in [-0.3, -0.25) is 0 Å². The van der Waals surface area contributed by atoms with E-state index < -0.39 is 0 Å². The number of nitrogens with two attached hydrogens (primary N) is 1. The molecule has 1 heterocycles. The molecule has 1 aliphatic heterocycles. The molecule has 0 aromatic heterocycles. The average Bonchev–Trinajstić information content (AvgIpc) is 2.84. The Labute approximate surface area is 171 Å². The van der Waals surface area contributed by atoms with Gasteiger partial charge in [-0.1, -0.05) is 31.5 Å². The zero-order valence-corrected chi connectivity index (χ0v) is 17.6. The molecule has 1 atom stereocenters. The summed E-state index contributed by atoms with van der Waals surface area (Å²) in [4.78, 5) is 14.0. The van der Waals surface area contributed by atoms with E-state index in [0.717, 1.165) is 36.1 Å². The molecule has 2 aromatic rings. The average molecular weight is 397 g/mol. The van der Waals surface area contributed by atoms with Gasteiger partial charge in [0.25, 0.3) is 0 Å². The lowest BCUT2D eigenvalue weighted by Crippen LogP contribution is -2.42. The maximum atomic E-state index is 12.8.